The first-order chi connectivity index (χ1) is 6.97. The summed E-state index contributed by atoms with van der Waals surface area (Å²) in [6.45, 7) is 9.93. The molecule has 4 heteroatoms. The van der Waals surface area contributed by atoms with E-state index in [-0.39, 0.29) is 18.4 Å². The number of hydrogen-bond donors (Lipinski definition) is 1. The van der Waals surface area contributed by atoms with Crippen molar-refractivity contribution >= 4 is 0 Å². The van der Waals surface area contributed by atoms with E-state index in [2.05, 4.69) is 0 Å². The van der Waals surface area contributed by atoms with Crippen molar-refractivity contribution in [3.8, 4) is 0 Å². The molecule has 0 rings (SSSR count). The molecule has 0 atom stereocenters. The molecule has 0 bridgehead atoms. The summed E-state index contributed by atoms with van der Waals surface area (Å²) < 4.78 is 10.9. The van der Waals surface area contributed by atoms with Crippen molar-refractivity contribution in [3.05, 3.63) is 0 Å². The van der Waals surface area contributed by atoms with E-state index < -0.39 is 0 Å². The van der Waals surface area contributed by atoms with Crippen LogP contribution < -0.4 is 0 Å². The molecule has 0 aliphatic heterocycles. The van der Waals surface area contributed by atoms with Gasteiger partial charge in [0.05, 0.1) is 6.61 Å². The Morgan fingerprint density at radius 3 is 2.00 bits per heavy atom. The molecule has 0 fully saturated rings. The van der Waals surface area contributed by atoms with Crippen molar-refractivity contribution in [1.82, 2.24) is 4.90 Å². The lowest BCUT2D eigenvalue weighted by atomic mass is 10.1. The van der Waals surface area contributed by atoms with Gasteiger partial charge in [-0.25, -0.2) is 0 Å². The highest BCUT2D eigenvalue weighted by Gasteiger charge is 2.25. The van der Waals surface area contributed by atoms with E-state index in [1.54, 1.807) is 0 Å². The molecular formula is C11H25NO3. The average Bonchev–Trinajstić information content (AvgIpc) is 2.18. The van der Waals surface area contributed by atoms with Crippen LogP contribution >= 0.6 is 0 Å². The Morgan fingerprint density at radius 1 is 1.20 bits per heavy atom. The van der Waals surface area contributed by atoms with Gasteiger partial charge in [-0.05, 0) is 34.7 Å². The topological polar surface area (TPSA) is 41.9 Å². The summed E-state index contributed by atoms with van der Waals surface area (Å²) in [7, 11) is 1.96. The van der Waals surface area contributed by atoms with Gasteiger partial charge in [-0.1, -0.05) is 0 Å². The maximum atomic E-state index is 9.21. The number of rotatable bonds is 8. The Balaban J connectivity index is 4.14. The second-order valence-corrected chi connectivity index (χ2v) is 4.19. The highest BCUT2D eigenvalue weighted by atomic mass is 16.7. The molecule has 0 aliphatic rings. The summed E-state index contributed by atoms with van der Waals surface area (Å²) in [4.78, 5) is 2.04. The van der Waals surface area contributed by atoms with Gasteiger partial charge in [0.15, 0.2) is 6.29 Å². The lowest BCUT2D eigenvalue weighted by Gasteiger charge is -2.35. The summed E-state index contributed by atoms with van der Waals surface area (Å²) >= 11 is 0. The normalized spacial score (nSPS) is 12.8. The highest BCUT2D eigenvalue weighted by Crippen LogP contribution is 2.12. The minimum atomic E-state index is -0.244. The summed E-state index contributed by atoms with van der Waals surface area (Å²) in [6, 6.07) is 0. The van der Waals surface area contributed by atoms with Crippen LogP contribution in [0.5, 0.6) is 0 Å². The van der Waals surface area contributed by atoms with Gasteiger partial charge in [0.1, 0.15) is 0 Å². The highest BCUT2D eigenvalue weighted by molar-refractivity contribution is 4.78. The predicted octanol–water partition coefficient (Wildman–Crippen LogP) is 1.09. The number of hydrogen-bond acceptors (Lipinski definition) is 4. The number of nitrogens with zero attached hydrogens (tertiary/aromatic N) is 1. The molecule has 0 spiro atoms. The Morgan fingerprint density at radius 2 is 1.67 bits per heavy atom. The molecule has 0 radical (unpaired) electrons. The third-order valence-electron chi connectivity index (χ3n) is 2.55. The van der Waals surface area contributed by atoms with Crippen molar-refractivity contribution in [1.29, 1.82) is 0 Å². The van der Waals surface area contributed by atoms with Crippen molar-refractivity contribution in [3.63, 3.8) is 0 Å². The molecule has 0 aromatic rings. The standard InChI is InChI=1S/C11H25NO3/c1-6-14-10(15-7-2)8-12(5)11(3,4)9-13/h10,13H,6-9H2,1-5H3. The van der Waals surface area contributed by atoms with Crippen LogP contribution in [-0.4, -0.2) is 55.2 Å². The van der Waals surface area contributed by atoms with Crippen LogP contribution in [0, 0.1) is 0 Å². The third-order valence-corrected chi connectivity index (χ3v) is 2.55. The summed E-state index contributed by atoms with van der Waals surface area (Å²) in [5.74, 6) is 0. The van der Waals surface area contributed by atoms with Crippen molar-refractivity contribution < 1.29 is 14.6 Å². The Hall–Kier alpha value is -0.160. The lowest BCUT2D eigenvalue weighted by Crippen LogP contribution is -2.48. The van der Waals surface area contributed by atoms with Crippen LogP contribution in [0.4, 0.5) is 0 Å². The van der Waals surface area contributed by atoms with Gasteiger partial charge in [0.25, 0.3) is 0 Å². The molecule has 0 aliphatic carbocycles. The zero-order valence-electron chi connectivity index (χ0n) is 10.6. The van der Waals surface area contributed by atoms with Gasteiger partial charge in [-0.2, -0.15) is 0 Å². The molecule has 92 valence electrons. The van der Waals surface area contributed by atoms with Gasteiger partial charge in [0.2, 0.25) is 0 Å². The SMILES string of the molecule is CCOC(CN(C)C(C)(C)CO)OCC. The van der Waals surface area contributed by atoms with Crippen molar-refractivity contribution in [2.24, 2.45) is 0 Å². The van der Waals surface area contributed by atoms with Gasteiger partial charge in [-0.3, -0.25) is 4.90 Å². The monoisotopic (exact) mass is 219 g/mol. The largest absolute Gasteiger partial charge is 0.394 e. The molecule has 0 aromatic carbocycles. The summed E-state index contributed by atoms with van der Waals surface area (Å²) in [5, 5.41) is 9.21. The fourth-order valence-electron chi connectivity index (χ4n) is 1.12. The zero-order chi connectivity index (χ0) is 11.9. The molecule has 1 N–H and O–H groups in total. The average molecular weight is 219 g/mol. The second-order valence-electron chi connectivity index (χ2n) is 4.19. The Labute approximate surface area is 93.2 Å². The van der Waals surface area contributed by atoms with Crippen molar-refractivity contribution in [2.45, 2.75) is 39.5 Å². The van der Waals surface area contributed by atoms with E-state index in [1.807, 2.05) is 39.6 Å². The summed E-state index contributed by atoms with van der Waals surface area (Å²) in [6.07, 6.45) is -0.212. The first kappa shape index (κ1) is 14.8. The first-order valence-electron chi connectivity index (χ1n) is 5.53. The molecule has 4 nitrogen and oxygen atoms in total. The van der Waals surface area contributed by atoms with Crippen LogP contribution in [0.25, 0.3) is 0 Å². The van der Waals surface area contributed by atoms with Crippen molar-refractivity contribution in [2.75, 3.05) is 33.4 Å². The molecule has 0 saturated carbocycles. The number of aliphatic hydroxyl groups is 1. The molecule has 15 heavy (non-hydrogen) atoms. The lowest BCUT2D eigenvalue weighted by molar-refractivity contribution is -0.153. The van der Waals surface area contributed by atoms with E-state index in [0.29, 0.717) is 19.8 Å². The van der Waals surface area contributed by atoms with Gasteiger partial charge < -0.3 is 14.6 Å². The summed E-state index contributed by atoms with van der Waals surface area (Å²) in [5.41, 5.74) is -0.244. The second kappa shape index (κ2) is 7.17. The first-order valence-corrected chi connectivity index (χ1v) is 5.53. The number of likely N-dealkylation sites (N-methyl/N-ethyl adjacent to an activating group) is 1. The molecule has 0 heterocycles. The van der Waals surface area contributed by atoms with E-state index in [1.165, 1.54) is 0 Å². The van der Waals surface area contributed by atoms with Crippen LogP contribution in [0.15, 0.2) is 0 Å². The molecule has 0 unspecified atom stereocenters. The third kappa shape index (κ3) is 5.47. The molecule has 0 saturated heterocycles. The Kier molecular flexibility index (Phi) is 7.09. The quantitative estimate of drug-likeness (QED) is 0.620. The number of aliphatic hydroxyl groups excluding tert-OH is 1. The fourth-order valence-corrected chi connectivity index (χ4v) is 1.12. The van der Waals surface area contributed by atoms with Gasteiger partial charge in [-0.15, -0.1) is 0 Å². The molecule has 0 amide bonds. The van der Waals surface area contributed by atoms with Crippen LogP contribution in [0.2, 0.25) is 0 Å². The van der Waals surface area contributed by atoms with E-state index in [9.17, 15) is 5.11 Å². The number of ether oxygens (including phenoxy) is 2. The Bertz CT molecular complexity index is 156. The van der Waals surface area contributed by atoms with E-state index >= 15 is 0 Å². The van der Waals surface area contributed by atoms with Crippen LogP contribution in [-0.2, 0) is 9.47 Å². The minimum absolute atomic E-state index is 0.120. The van der Waals surface area contributed by atoms with Gasteiger partial charge in [0, 0.05) is 25.3 Å². The maximum absolute atomic E-state index is 9.21. The van der Waals surface area contributed by atoms with Crippen LogP contribution in [0.3, 0.4) is 0 Å². The minimum Gasteiger partial charge on any atom is -0.394 e. The van der Waals surface area contributed by atoms with Gasteiger partial charge >= 0.3 is 0 Å². The molecular weight excluding hydrogens is 194 g/mol. The smallest absolute Gasteiger partial charge is 0.170 e. The zero-order valence-corrected chi connectivity index (χ0v) is 10.6. The molecule has 0 aromatic heterocycles. The predicted molar refractivity (Wildman–Crippen MR) is 60.8 cm³/mol. The maximum Gasteiger partial charge on any atom is 0.170 e. The van der Waals surface area contributed by atoms with E-state index in [4.69, 9.17) is 9.47 Å². The van der Waals surface area contributed by atoms with Crippen LogP contribution in [0.1, 0.15) is 27.7 Å². The fraction of sp³-hybridized carbons (Fsp3) is 1.00. The van der Waals surface area contributed by atoms with E-state index in [0.717, 1.165) is 0 Å².